The second kappa shape index (κ2) is 9.15. The molecule has 110 valence electrons. The lowest BCUT2D eigenvalue weighted by Crippen LogP contribution is -2.05. The van der Waals surface area contributed by atoms with E-state index in [0.29, 0.717) is 19.8 Å². The van der Waals surface area contributed by atoms with Crippen molar-refractivity contribution in [2.45, 2.75) is 20.5 Å². The summed E-state index contributed by atoms with van der Waals surface area (Å²) >= 11 is 0. The summed E-state index contributed by atoms with van der Waals surface area (Å²) in [7, 11) is 1.64. The molecule has 0 aliphatic carbocycles. The van der Waals surface area contributed by atoms with Gasteiger partial charge in [-0.1, -0.05) is 25.1 Å². The number of hydrogen-bond donors (Lipinski definition) is 0. The lowest BCUT2D eigenvalue weighted by molar-refractivity contribution is -0.137. The van der Waals surface area contributed by atoms with Crippen LogP contribution in [0.5, 0.6) is 5.75 Å². The van der Waals surface area contributed by atoms with Crippen LogP contribution in [0.1, 0.15) is 19.4 Å². The molecule has 0 bridgehead atoms. The van der Waals surface area contributed by atoms with Crippen molar-refractivity contribution in [3.8, 4) is 5.75 Å². The first kappa shape index (κ1) is 16.2. The number of esters is 1. The number of carbonyl (C=O) groups is 1. The second-order valence-corrected chi connectivity index (χ2v) is 4.45. The molecule has 0 N–H and O–H groups in total. The monoisotopic (exact) mass is 278 g/mol. The van der Waals surface area contributed by atoms with Gasteiger partial charge in [0.25, 0.3) is 0 Å². The Morgan fingerprint density at radius 1 is 1.30 bits per heavy atom. The van der Waals surface area contributed by atoms with Gasteiger partial charge < -0.3 is 14.2 Å². The highest BCUT2D eigenvalue weighted by molar-refractivity contribution is 5.81. The fraction of sp³-hybridized carbons (Fsp3) is 0.438. The van der Waals surface area contributed by atoms with Crippen molar-refractivity contribution in [1.29, 1.82) is 0 Å². The van der Waals surface area contributed by atoms with Crippen LogP contribution in [0.2, 0.25) is 0 Å². The minimum absolute atomic E-state index is 0.164. The molecule has 0 unspecified atom stereocenters. The predicted molar refractivity (Wildman–Crippen MR) is 77.6 cm³/mol. The highest BCUT2D eigenvalue weighted by Crippen LogP contribution is 2.12. The van der Waals surface area contributed by atoms with Crippen molar-refractivity contribution >= 4 is 5.97 Å². The zero-order chi connectivity index (χ0) is 14.8. The van der Waals surface area contributed by atoms with Gasteiger partial charge in [-0.3, -0.25) is 0 Å². The highest BCUT2D eigenvalue weighted by atomic mass is 16.5. The van der Waals surface area contributed by atoms with E-state index in [2.05, 4.69) is 0 Å². The van der Waals surface area contributed by atoms with E-state index < -0.39 is 0 Å². The number of benzene rings is 1. The van der Waals surface area contributed by atoms with Crippen molar-refractivity contribution in [1.82, 2.24) is 0 Å². The highest BCUT2D eigenvalue weighted by Gasteiger charge is 2.01. The molecule has 0 amide bonds. The van der Waals surface area contributed by atoms with E-state index in [-0.39, 0.29) is 11.9 Å². The van der Waals surface area contributed by atoms with Crippen molar-refractivity contribution in [3.05, 3.63) is 42.0 Å². The van der Waals surface area contributed by atoms with Crippen LogP contribution in [0.4, 0.5) is 0 Å². The van der Waals surface area contributed by atoms with Crippen molar-refractivity contribution in [2.75, 3.05) is 20.3 Å². The Balaban J connectivity index is 2.27. The molecule has 0 aliphatic heterocycles. The molecular formula is C16H22O4. The number of carbonyl (C=O) groups excluding carboxylic acids is 1. The fourth-order valence-corrected chi connectivity index (χ4v) is 1.57. The van der Waals surface area contributed by atoms with Crippen LogP contribution in [0.15, 0.2) is 36.4 Å². The van der Waals surface area contributed by atoms with Crippen LogP contribution in [0, 0.1) is 5.92 Å². The maximum atomic E-state index is 11.1. The van der Waals surface area contributed by atoms with E-state index >= 15 is 0 Å². The van der Waals surface area contributed by atoms with Crippen LogP contribution >= 0.6 is 0 Å². The van der Waals surface area contributed by atoms with Gasteiger partial charge in [-0.2, -0.15) is 0 Å². The van der Waals surface area contributed by atoms with E-state index in [0.717, 1.165) is 11.3 Å². The van der Waals surface area contributed by atoms with Crippen molar-refractivity contribution in [3.63, 3.8) is 0 Å². The first-order valence-corrected chi connectivity index (χ1v) is 6.71. The molecule has 0 radical (unpaired) electrons. The summed E-state index contributed by atoms with van der Waals surface area (Å²) in [6.07, 6.45) is 3.25. The van der Waals surface area contributed by atoms with Crippen LogP contribution in [-0.2, 0) is 20.9 Å². The summed E-state index contributed by atoms with van der Waals surface area (Å²) in [5, 5.41) is 0. The standard InChI is InChI=1S/C16H22O4/c1-4-20-16(17)10-5-13(2)11-19-12-14-6-8-15(18-3)9-7-14/h5-10,13H,4,11-12H2,1-3H3/b10-5+/t13-/m0/s1. The average molecular weight is 278 g/mol. The Morgan fingerprint density at radius 3 is 2.60 bits per heavy atom. The maximum absolute atomic E-state index is 11.1. The lowest BCUT2D eigenvalue weighted by Gasteiger charge is -2.08. The van der Waals surface area contributed by atoms with Gasteiger partial charge in [0.05, 0.1) is 26.9 Å². The third kappa shape index (κ3) is 6.38. The smallest absolute Gasteiger partial charge is 0.330 e. The number of ether oxygens (including phenoxy) is 3. The molecule has 4 nitrogen and oxygen atoms in total. The Labute approximate surface area is 120 Å². The van der Waals surface area contributed by atoms with Gasteiger partial charge in [0.1, 0.15) is 5.75 Å². The van der Waals surface area contributed by atoms with Crippen LogP contribution in [0.3, 0.4) is 0 Å². The first-order valence-electron chi connectivity index (χ1n) is 6.71. The first-order chi connectivity index (χ1) is 9.65. The largest absolute Gasteiger partial charge is 0.497 e. The fourth-order valence-electron chi connectivity index (χ4n) is 1.57. The third-order valence-electron chi connectivity index (χ3n) is 2.66. The summed E-state index contributed by atoms with van der Waals surface area (Å²) < 4.78 is 15.5. The molecule has 1 aromatic carbocycles. The Bertz CT molecular complexity index is 423. The van der Waals surface area contributed by atoms with E-state index in [9.17, 15) is 4.79 Å². The molecule has 1 rings (SSSR count). The molecule has 0 fully saturated rings. The molecule has 0 saturated carbocycles. The summed E-state index contributed by atoms with van der Waals surface area (Å²) in [4.78, 5) is 11.1. The van der Waals surface area contributed by atoms with Crippen molar-refractivity contribution < 1.29 is 19.0 Å². The maximum Gasteiger partial charge on any atom is 0.330 e. The lowest BCUT2D eigenvalue weighted by atomic mass is 10.2. The van der Waals surface area contributed by atoms with Gasteiger partial charge >= 0.3 is 5.97 Å². The van der Waals surface area contributed by atoms with Crippen molar-refractivity contribution in [2.24, 2.45) is 5.92 Å². The molecule has 4 heteroatoms. The Hall–Kier alpha value is -1.81. The van der Waals surface area contributed by atoms with E-state index in [1.165, 1.54) is 6.08 Å². The summed E-state index contributed by atoms with van der Waals surface area (Å²) in [6, 6.07) is 7.75. The predicted octanol–water partition coefficient (Wildman–Crippen LogP) is 2.97. The SMILES string of the molecule is CCOC(=O)/C=C/[C@H](C)COCc1ccc(OC)cc1. The van der Waals surface area contributed by atoms with E-state index in [1.54, 1.807) is 20.1 Å². The van der Waals surface area contributed by atoms with Gasteiger partial charge in [0.15, 0.2) is 0 Å². The summed E-state index contributed by atoms with van der Waals surface area (Å²) in [5.41, 5.74) is 1.09. The van der Waals surface area contributed by atoms with Gasteiger partial charge in [-0.15, -0.1) is 0 Å². The Kier molecular flexibility index (Phi) is 7.43. The van der Waals surface area contributed by atoms with E-state index in [1.807, 2.05) is 31.2 Å². The minimum Gasteiger partial charge on any atom is -0.497 e. The molecular weight excluding hydrogens is 256 g/mol. The zero-order valence-electron chi connectivity index (χ0n) is 12.3. The molecule has 0 aliphatic rings. The molecule has 0 saturated heterocycles. The molecule has 1 aromatic rings. The van der Waals surface area contributed by atoms with Gasteiger partial charge in [0.2, 0.25) is 0 Å². The van der Waals surface area contributed by atoms with E-state index in [4.69, 9.17) is 14.2 Å². The van der Waals surface area contributed by atoms with Gasteiger partial charge in [-0.05, 0) is 30.5 Å². The van der Waals surface area contributed by atoms with Crippen LogP contribution in [-0.4, -0.2) is 26.3 Å². The number of rotatable bonds is 8. The molecule has 0 heterocycles. The topological polar surface area (TPSA) is 44.8 Å². The molecule has 20 heavy (non-hydrogen) atoms. The summed E-state index contributed by atoms with van der Waals surface area (Å²) in [6.45, 7) is 5.27. The summed E-state index contributed by atoms with van der Waals surface area (Å²) in [5.74, 6) is 0.687. The normalized spacial score (nSPS) is 12.3. The molecule has 0 aromatic heterocycles. The molecule has 0 spiro atoms. The molecule has 1 atom stereocenters. The van der Waals surface area contributed by atoms with Crippen LogP contribution in [0.25, 0.3) is 0 Å². The Morgan fingerprint density at radius 2 is 2.00 bits per heavy atom. The minimum atomic E-state index is -0.311. The third-order valence-corrected chi connectivity index (χ3v) is 2.66. The average Bonchev–Trinajstić information content (AvgIpc) is 2.46. The quantitative estimate of drug-likeness (QED) is 0.541. The number of hydrogen-bond acceptors (Lipinski definition) is 4. The second-order valence-electron chi connectivity index (χ2n) is 4.45. The van der Waals surface area contributed by atoms with Crippen LogP contribution < -0.4 is 4.74 Å². The van der Waals surface area contributed by atoms with Gasteiger partial charge in [0, 0.05) is 6.08 Å². The zero-order valence-corrected chi connectivity index (χ0v) is 12.3. The van der Waals surface area contributed by atoms with Gasteiger partial charge in [-0.25, -0.2) is 4.79 Å². The number of methoxy groups -OCH3 is 1.